The van der Waals surface area contributed by atoms with Crippen LogP contribution in [0.1, 0.15) is 24.5 Å². The van der Waals surface area contributed by atoms with Crippen LogP contribution in [0.3, 0.4) is 0 Å². The van der Waals surface area contributed by atoms with E-state index in [2.05, 4.69) is 5.32 Å². The molecule has 30 heavy (non-hydrogen) atoms. The lowest BCUT2D eigenvalue weighted by Crippen LogP contribution is -2.48. The van der Waals surface area contributed by atoms with Gasteiger partial charge in [0.15, 0.2) is 0 Å². The smallest absolute Gasteiger partial charge is 0.243 e. The van der Waals surface area contributed by atoms with Gasteiger partial charge in [-0.2, -0.15) is 0 Å². The highest BCUT2D eigenvalue weighted by Gasteiger charge is 2.31. The second kappa shape index (κ2) is 10.3. The third kappa shape index (κ3) is 5.89. The van der Waals surface area contributed by atoms with Crippen LogP contribution in [-0.4, -0.2) is 47.4 Å². The molecule has 0 heterocycles. The monoisotopic (exact) mass is 434 g/mol. The number of anilines is 1. The predicted molar refractivity (Wildman–Crippen MR) is 119 cm³/mol. The minimum atomic E-state index is -3.72. The van der Waals surface area contributed by atoms with Gasteiger partial charge in [0.05, 0.1) is 26.2 Å². The van der Waals surface area contributed by atoms with Crippen molar-refractivity contribution >= 4 is 21.6 Å². The third-order valence-corrected chi connectivity index (χ3v) is 6.00. The summed E-state index contributed by atoms with van der Waals surface area (Å²) in [6.45, 7) is 3.84. The number of nitrogens with zero attached hydrogens (tertiary/aromatic N) is 1. The van der Waals surface area contributed by atoms with E-state index in [-0.39, 0.29) is 5.91 Å². The maximum absolute atomic E-state index is 12.7. The van der Waals surface area contributed by atoms with Gasteiger partial charge in [-0.05, 0) is 56.0 Å². The molecule has 0 radical (unpaired) electrons. The van der Waals surface area contributed by atoms with Crippen molar-refractivity contribution in [3.05, 3.63) is 53.6 Å². The van der Waals surface area contributed by atoms with Crippen molar-refractivity contribution in [3.63, 3.8) is 0 Å². The van der Waals surface area contributed by atoms with Crippen molar-refractivity contribution in [1.82, 2.24) is 5.32 Å². The third-order valence-electron chi connectivity index (χ3n) is 4.77. The number of aryl methyl sites for hydroxylation is 2. The number of para-hydroxylation sites is 1. The molecule has 0 bridgehead atoms. The molecule has 2 aromatic rings. The molecule has 2 rings (SSSR count). The fourth-order valence-electron chi connectivity index (χ4n) is 3.30. The van der Waals surface area contributed by atoms with E-state index >= 15 is 0 Å². The summed E-state index contributed by atoms with van der Waals surface area (Å²) < 4.78 is 36.8. The average Bonchev–Trinajstić information content (AvgIpc) is 2.70. The molecule has 0 saturated heterocycles. The van der Waals surface area contributed by atoms with Gasteiger partial charge < -0.3 is 14.8 Å². The second-order valence-electron chi connectivity index (χ2n) is 7.12. The first kappa shape index (κ1) is 23.5. The normalized spacial score (nSPS) is 12.2. The molecule has 0 spiro atoms. The summed E-state index contributed by atoms with van der Waals surface area (Å²) in [6, 6.07) is 12.0. The van der Waals surface area contributed by atoms with Gasteiger partial charge >= 0.3 is 0 Å². The van der Waals surface area contributed by atoms with Gasteiger partial charge in [0, 0.05) is 6.54 Å². The largest absolute Gasteiger partial charge is 0.496 e. The molecule has 0 fully saturated rings. The summed E-state index contributed by atoms with van der Waals surface area (Å²) in [5.41, 5.74) is 2.27. The Hall–Kier alpha value is -2.74. The van der Waals surface area contributed by atoms with Gasteiger partial charge in [0.2, 0.25) is 15.9 Å². The van der Waals surface area contributed by atoms with Crippen molar-refractivity contribution in [2.45, 2.75) is 32.7 Å². The summed E-state index contributed by atoms with van der Waals surface area (Å²) in [5.74, 6) is 0.831. The lowest BCUT2D eigenvalue weighted by atomic mass is 10.1. The van der Waals surface area contributed by atoms with E-state index in [1.165, 1.54) is 7.11 Å². The average molecular weight is 435 g/mol. The molecule has 0 aliphatic carbocycles. The van der Waals surface area contributed by atoms with Gasteiger partial charge in [-0.25, -0.2) is 8.42 Å². The Kier molecular flexibility index (Phi) is 8.11. The molecule has 1 N–H and O–H groups in total. The summed E-state index contributed by atoms with van der Waals surface area (Å²) in [5, 5.41) is 2.84. The molecule has 1 atom stereocenters. The zero-order valence-corrected chi connectivity index (χ0v) is 19.0. The number of rotatable bonds is 10. The number of ether oxygens (including phenoxy) is 2. The topological polar surface area (TPSA) is 84.9 Å². The molecule has 0 saturated carbocycles. The molecule has 0 aliphatic heterocycles. The quantitative estimate of drug-likeness (QED) is 0.581. The zero-order valence-electron chi connectivity index (χ0n) is 18.1. The molecule has 8 heteroatoms. The van der Waals surface area contributed by atoms with Crippen molar-refractivity contribution in [1.29, 1.82) is 0 Å². The number of hydrogen-bond acceptors (Lipinski definition) is 5. The zero-order chi connectivity index (χ0) is 22.3. The van der Waals surface area contributed by atoms with Crippen LogP contribution in [0, 0.1) is 6.92 Å². The molecule has 1 unspecified atom stereocenters. The van der Waals surface area contributed by atoms with Crippen molar-refractivity contribution in [2.24, 2.45) is 0 Å². The van der Waals surface area contributed by atoms with Crippen molar-refractivity contribution in [3.8, 4) is 11.5 Å². The standard InChI is InChI=1S/C22H30N2O5S/c1-16-12-13-21(29-4)19(15-16)24(30(5,26)27)17(2)22(25)23-14-8-10-18-9-6-7-11-20(18)28-3/h6-7,9,11-13,15,17H,8,10,14H2,1-5H3,(H,23,25). The molecule has 7 nitrogen and oxygen atoms in total. The van der Waals surface area contributed by atoms with E-state index in [0.717, 1.165) is 33.9 Å². The first-order chi connectivity index (χ1) is 14.2. The van der Waals surface area contributed by atoms with E-state index in [0.29, 0.717) is 24.4 Å². The van der Waals surface area contributed by atoms with Crippen molar-refractivity contribution in [2.75, 3.05) is 31.3 Å². The summed E-state index contributed by atoms with van der Waals surface area (Å²) in [4.78, 5) is 12.7. The Labute approximate surface area is 179 Å². The van der Waals surface area contributed by atoms with E-state index in [1.807, 2.05) is 37.3 Å². The molecule has 2 aromatic carbocycles. The first-order valence-electron chi connectivity index (χ1n) is 9.72. The summed E-state index contributed by atoms with van der Waals surface area (Å²) >= 11 is 0. The minimum Gasteiger partial charge on any atom is -0.496 e. The highest BCUT2D eigenvalue weighted by Crippen LogP contribution is 2.32. The maximum atomic E-state index is 12.7. The Balaban J connectivity index is 2.09. The molecule has 0 aliphatic rings. The summed E-state index contributed by atoms with van der Waals surface area (Å²) in [6.07, 6.45) is 2.52. The Bertz CT molecular complexity index is 975. The van der Waals surface area contributed by atoms with E-state index in [1.54, 1.807) is 26.2 Å². The van der Waals surface area contributed by atoms with Crippen LogP contribution in [0.15, 0.2) is 42.5 Å². The van der Waals surface area contributed by atoms with Crippen LogP contribution in [0.25, 0.3) is 0 Å². The van der Waals surface area contributed by atoms with Crippen LogP contribution in [0.4, 0.5) is 5.69 Å². The fraction of sp³-hybridized carbons (Fsp3) is 0.409. The number of sulfonamides is 1. The number of benzene rings is 2. The van der Waals surface area contributed by atoms with Gasteiger partial charge in [0.1, 0.15) is 17.5 Å². The number of hydrogen-bond donors (Lipinski definition) is 1. The number of amides is 1. The van der Waals surface area contributed by atoms with Gasteiger partial charge in [-0.15, -0.1) is 0 Å². The second-order valence-corrected chi connectivity index (χ2v) is 8.98. The Morgan fingerprint density at radius 1 is 1.10 bits per heavy atom. The lowest BCUT2D eigenvalue weighted by molar-refractivity contribution is -0.121. The molecule has 164 valence electrons. The van der Waals surface area contributed by atoms with Crippen LogP contribution >= 0.6 is 0 Å². The van der Waals surface area contributed by atoms with Gasteiger partial charge in [0.25, 0.3) is 0 Å². The maximum Gasteiger partial charge on any atom is 0.243 e. The molecular formula is C22H30N2O5S. The highest BCUT2D eigenvalue weighted by atomic mass is 32.2. The van der Waals surface area contributed by atoms with Gasteiger partial charge in [-0.1, -0.05) is 24.3 Å². The van der Waals surface area contributed by atoms with Crippen molar-refractivity contribution < 1.29 is 22.7 Å². The molecule has 1 amide bonds. The lowest BCUT2D eigenvalue weighted by Gasteiger charge is -2.29. The summed E-state index contributed by atoms with van der Waals surface area (Å²) in [7, 11) is -0.622. The SMILES string of the molecule is COc1ccccc1CCCNC(=O)C(C)N(c1cc(C)ccc1OC)S(C)(=O)=O. The Morgan fingerprint density at radius 2 is 1.77 bits per heavy atom. The fourth-order valence-corrected chi connectivity index (χ4v) is 4.47. The Morgan fingerprint density at radius 3 is 2.40 bits per heavy atom. The van der Waals surface area contributed by atoms with E-state index in [9.17, 15) is 13.2 Å². The molecular weight excluding hydrogens is 404 g/mol. The number of carbonyl (C=O) groups is 1. The molecule has 0 aromatic heterocycles. The van der Waals surface area contributed by atoms with Crippen LogP contribution in [-0.2, 0) is 21.2 Å². The van der Waals surface area contributed by atoms with Crippen LogP contribution < -0.4 is 19.1 Å². The predicted octanol–water partition coefficient (Wildman–Crippen LogP) is 2.92. The number of carbonyl (C=O) groups excluding carboxylic acids is 1. The van der Waals surface area contributed by atoms with Gasteiger partial charge in [-0.3, -0.25) is 9.10 Å². The highest BCUT2D eigenvalue weighted by molar-refractivity contribution is 7.92. The van der Waals surface area contributed by atoms with E-state index < -0.39 is 16.1 Å². The minimum absolute atomic E-state index is 0.344. The van der Waals surface area contributed by atoms with Crippen LogP contribution in [0.5, 0.6) is 11.5 Å². The number of nitrogens with one attached hydrogen (secondary N) is 1. The van der Waals surface area contributed by atoms with E-state index in [4.69, 9.17) is 9.47 Å². The first-order valence-corrected chi connectivity index (χ1v) is 11.6. The number of methoxy groups -OCH3 is 2. The van der Waals surface area contributed by atoms with Crippen LogP contribution in [0.2, 0.25) is 0 Å².